The third-order valence-electron chi connectivity index (χ3n) is 5.47. The lowest BCUT2D eigenvalue weighted by Gasteiger charge is -2.21. The molecule has 0 saturated heterocycles. The second kappa shape index (κ2) is 9.93. The minimum absolute atomic E-state index is 0.0128. The summed E-state index contributed by atoms with van der Waals surface area (Å²) in [6.45, 7) is 1.53. The number of fused-ring (bicyclic) bond motifs is 1. The highest BCUT2D eigenvalue weighted by Gasteiger charge is 2.24. The highest BCUT2D eigenvalue weighted by Crippen LogP contribution is 2.30. The minimum Gasteiger partial charge on any atom is -0.382 e. The summed E-state index contributed by atoms with van der Waals surface area (Å²) < 4.78 is 44.2. The number of hydrogen-bond acceptors (Lipinski definition) is 8. The Balaban J connectivity index is 2.00. The molecule has 0 aliphatic carbocycles. The molecular formula is C23H20ClF3N8O2. The van der Waals surface area contributed by atoms with E-state index in [4.69, 9.17) is 28.8 Å². The van der Waals surface area contributed by atoms with Crippen LogP contribution in [0.3, 0.4) is 0 Å². The number of nitrogens with two attached hydrogens (primary N) is 3. The van der Waals surface area contributed by atoms with E-state index < -0.39 is 35.0 Å². The number of carbonyl (C=O) groups is 1. The summed E-state index contributed by atoms with van der Waals surface area (Å²) in [5.74, 6) is -3.84. The second-order valence-electron chi connectivity index (χ2n) is 8.13. The van der Waals surface area contributed by atoms with Crippen LogP contribution in [0.4, 0.5) is 30.8 Å². The van der Waals surface area contributed by atoms with E-state index >= 15 is 0 Å². The van der Waals surface area contributed by atoms with Crippen LogP contribution >= 0.6 is 11.6 Å². The first kappa shape index (κ1) is 25.7. The van der Waals surface area contributed by atoms with Crippen molar-refractivity contribution in [2.24, 2.45) is 5.73 Å². The smallest absolute Gasteiger partial charge is 0.266 e. The van der Waals surface area contributed by atoms with E-state index in [1.807, 2.05) is 0 Å². The van der Waals surface area contributed by atoms with Crippen LogP contribution in [-0.2, 0) is 11.2 Å². The molecule has 1 amide bonds. The van der Waals surface area contributed by atoms with Gasteiger partial charge in [-0.1, -0.05) is 17.7 Å². The first-order valence-electron chi connectivity index (χ1n) is 10.8. The number of nitrogens with zero attached hydrogens (tertiary/aromatic N) is 4. The van der Waals surface area contributed by atoms with Gasteiger partial charge in [-0.3, -0.25) is 14.2 Å². The van der Waals surface area contributed by atoms with Crippen LogP contribution in [0.15, 0.2) is 35.1 Å². The monoisotopic (exact) mass is 532 g/mol. The fourth-order valence-electron chi connectivity index (χ4n) is 3.86. The number of hydrogen-bond donors (Lipinski definition) is 4. The third kappa shape index (κ3) is 5.11. The molecule has 10 nitrogen and oxygen atoms in total. The Hall–Kier alpha value is -4.39. The number of nitrogens with one attached hydrogen (secondary N) is 1. The van der Waals surface area contributed by atoms with Gasteiger partial charge in [-0.25, -0.2) is 18.2 Å². The molecule has 4 rings (SSSR count). The van der Waals surface area contributed by atoms with Crippen molar-refractivity contribution in [3.05, 3.63) is 74.5 Å². The molecule has 2 aromatic heterocycles. The molecule has 2 heterocycles. The van der Waals surface area contributed by atoms with E-state index in [9.17, 15) is 22.8 Å². The largest absolute Gasteiger partial charge is 0.382 e. The van der Waals surface area contributed by atoms with Crippen molar-refractivity contribution in [1.82, 2.24) is 19.5 Å². The van der Waals surface area contributed by atoms with Crippen molar-refractivity contribution >= 4 is 46.0 Å². The van der Waals surface area contributed by atoms with Gasteiger partial charge in [-0.05, 0) is 37.1 Å². The lowest BCUT2D eigenvalue weighted by atomic mass is 10.0. The molecule has 0 radical (unpaired) electrons. The van der Waals surface area contributed by atoms with Crippen LogP contribution in [-0.4, -0.2) is 25.4 Å². The molecule has 37 heavy (non-hydrogen) atoms. The summed E-state index contributed by atoms with van der Waals surface area (Å²) in [5, 5.41) is 2.63. The van der Waals surface area contributed by atoms with Gasteiger partial charge in [0.1, 0.15) is 39.6 Å². The van der Waals surface area contributed by atoms with E-state index in [1.165, 1.54) is 13.0 Å². The summed E-state index contributed by atoms with van der Waals surface area (Å²) in [6.07, 6.45) is -0.105. The maximum atomic E-state index is 14.9. The number of rotatable bonds is 7. The lowest BCUT2D eigenvalue weighted by Crippen LogP contribution is -2.29. The Labute approximate surface area is 212 Å². The van der Waals surface area contributed by atoms with Crippen molar-refractivity contribution < 1.29 is 18.0 Å². The Morgan fingerprint density at radius 3 is 2.43 bits per heavy atom. The van der Waals surface area contributed by atoms with Crippen molar-refractivity contribution in [2.45, 2.75) is 25.8 Å². The Morgan fingerprint density at radius 1 is 1.11 bits per heavy atom. The molecule has 0 saturated carbocycles. The number of aromatic nitrogens is 4. The van der Waals surface area contributed by atoms with Gasteiger partial charge in [0.25, 0.3) is 5.56 Å². The lowest BCUT2D eigenvalue weighted by molar-refractivity contribution is -0.117. The van der Waals surface area contributed by atoms with E-state index in [1.54, 1.807) is 0 Å². The maximum Gasteiger partial charge on any atom is 0.266 e. The number of primary amides is 1. The number of halogens is 4. The third-order valence-corrected chi connectivity index (χ3v) is 5.84. The second-order valence-corrected chi connectivity index (χ2v) is 8.51. The van der Waals surface area contributed by atoms with Crippen LogP contribution in [0.1, 0.15) is 30.8 Å². The first-order valence-corrected chi connectivity index (χ1v) is 11.2. The zero-order valence-electron chi connectivity index (χ0n) is 19.2. The maximum absolute atomic E-state index is 14.9. The zero-order valence-corrected chi connectivity index (χ0v) is 20.0. The molecule has 192 valence electrons. The van der Waals surface area contributed by atoms with Gasteiger partial charge in [0, 0.05) is 12.5 Å². The van der Waals surface area contributed by atoms with Gasteiger partial charge in [0.2, 0.25) is 11.9 Å². The normalized spacial score (nSPS) is 12.0. The van der Waals surface area contributed by atoms with Gasteiger partial charge in [0.05, 0.1) is 17.1 Å². The average molecular weight is 533 g/mol. The zero-order chi connectivity index (χ0) is 27.0. The predicted octanol–water partition coefficient (Wildman–Crippen LogP) is 3.00. The van der Waals surface area contributed by atoms with Crippen LogP contribution in [0.5, 0.6) is 0 Å². The van der Waals surface area contributed by atoms with Crippen molar-refractivity contribution in [2.75, 3.05) is 16.8 Å². The molecule has 0 aliphatic heterocycles. The van der Waals surface area contributed by atoms with Crippen molar-refractivity contribution in [1.29, 1.82) is 0 Å². The van der Waals surface area contributed by atoms with Crippen LogP contribution in [0.2, 0.25) is 5.02 Å². The van der Waals surface area contributed by atoms with Crippen molar-refractivity contribution in [3.63, 3.8) is 0 Å². The summed E-state index contributed by atoms with van der Waals surface area (Å²) in [4.78, 5) is 37.2. The molecule has 14 heteroatoms. The standard InChI is InChI=1S/C23H20ClF3N8O2/c1-9(31-20-17(24)19(29)33-23(30)34-20)21-32-18-14(27)4-2-10(3-5-15(28)36)16(18)22(37)35(21)13-7-11(25)6-12(26)8-13/h2,4,6-9H,3,5H2,1H3,(H2,28,36)(H5,29,30,31,33,34). The molecule has 0 aliphatic rings. The summed E-state index contributed by atoms with van der Waals surface area (Å²) in [5.41, 5.74) is 15.5. The molecule has 4 aromatic rings. The fourth-order valence-corrected chi connectivity index (χ4v) is 4.00. The summed E-state index contributed by atoms with van der Waals surface area (Å²) in [6, 6.07) is 3.95. The molecule has 0 fully saturated rings. The van der Waals surface area contributed by atoms with Gasteiger partial charge in [0.15, 0.2) is 5.82 Å². The first-order chi connectivity index (χ1) is 17.5. The number of carbonyl (C=O) groups excluding carboxylic acids is 1. The predicted molar refractivity (Wildman–Crippen MR) is 133 cm³/mol. The highest BCUT2D eigenvalue weighted by molar-refractivity contribution is 6.35. The Morgan fingerprint density at radius 2 is 1.78 bits per heavy atom. The van der Waals surface area contributed by atoms with Gasteiger partial charge in [-0.15, -0.1) is 0 Å². The number of benzene rings is 2. The van der Waals surface area contributed by atoms with Gasteiger partial charge < -0.3 is 22.5 Å². The van der Waals surface area contributed by atoms with Crippen LogP contribution < -0.4 is 28.1 Å². The molecule has 1 unspecified atom stereocenters. The molecule has 1 atom stereocenters. The van der Waals surface area contributed by atoms with E-state index in [0.29, 0.717) is 6.07 Å². The van der Waals surface area contributed by atoms with Gasteiger partial charge >= 0.3 is 0 Å². The number of anilines is 3. The van der Waals surface area contributed by atoms with E-state index in [0.717, 1.165) is 22.8 Å². The van der Waals surface area contributed by atoms with E-state index in [-0.39, 0.29) is 63.4 Å². The Kier molecular flexibility index (Phi) is 6.90. The van der Waals surface area contributed by atoms with E-state index in [2.05, 4.69) is 20.3 Å². The number of aryl methyl sites for hydroxylation is 1. The average Bonchev–Trinajstić information content (AvgIpc) is 2.81. The molecule has 7 N–H and O–H groups in total. The highest BCUT2D eigenvalue weighted by atomic mass is 35.5. The fraction of sp³-hybridized carbons (Fsp3) is 0.174. The minimum atomic E-state index is -0.957. The molecule has 0 spiro atoms. The number of amides is 1. The molecule has 0 bridgehead atoms. The Bertz CT molecular complexity index is 1590. The van der Waals surface area contributed by atoms with Crippen molar-refractivity contribution in [3.8, 4) is 5.69 Å². The topological polar surface area (TPSA) is 168 Å². The van der Waals surface area contributed by atoms with Crippen LogP contribution in [0.25, 0.3) is 16.6 Å². The number of nitrogen functional groups attached to an aromatic ring is 2. The molecular weight excluding hydrogens is 513 g/mol. The summed E-state index contributed by atoms with van der Waals surface area (Å²) >= 11 is 6.17. The SMILES string of the molecule is CC(Nc1nc(N)nc(N)c1Cl)c1nc2c(F)ccc(CCC(N)=O)c2c(=O)n1-c1cc(F)cc(F)c1. The van der Waals surface area contributed by atoms with Crippen LogP contribution in [0, 0.1) is 17.5 Å². The quantitative estimate of drug-likeness (QED) is 0.281. The van der Waals surface area contributed by atoms with Gasteiger partial charge in [-0.2, -0.15) is 9.97 Å². The molecule has 2 aromatic carbocycles. The summed E-state index contributed by atoms with van der Waals surface area (Å²) in [7, 11) is 0.